The first-order chi connectivity index (χ1) is 17.6. The molecule has 11 nitrogen and oxygen atoms in total. The Morgan fingerprint density at radius 1 is 1.19 bits per heavy atom. The number of methoxy groups -OCH3 is 1. The number of amides is 1. The topological polar surface area (TPSA) is 146 Å². The highest BCUT2D eigenvalue weighted by Gasteiger charge is 2.46. The lowest BCUT2D eigenvalue weighted by Gasteiger charge is -2.26. The molecule has 1 amide bonds. The molecule has 0 bridgehead atoms. The fraction of sp³-hybridized carbons (Fsp3) is 0.423. The van der Waals surface area contributed by atoms with Gasteiger partial charge >= 0.3 is 5.97 Å². The van der Waals surface area contributed by atoms with E-state index < -0.39 is 34.4 Å². The number of esters is 1. The van der Waals surface area contributed by atoms with Crippen LogP contribution in [0.2, 0.25) is 0 Å². The third-order valence-electron chi connectivity index (χ3n) is 6.79. The number of nitrogens with zero attached hydrogens (tertiary/aromatic N) is 3. The maximum atomic E-state index is 13.3. The number of carbonyl (C=O) groups excluding carboxylic acids is 3. The molecular formula is C26H32N4O7. The first kappa shape index (κ1) is 27.6. The summed E-state index contributed by atoms with van der Waals surface area (Å²) >= 11 is 0. The zero-order valence-electron chi connectivity index (χ0n) is 21.7. The van der Waals surface area contributed by atoms with Crippen LogP contribution in [0.3, 0.4) is 0 Å². The number of carbonyl (C=O) groups is 3. The number of likely N-dealkylation sites (tertiary alicyclic amines) is 1. The molecule has 1 atom stereocenters. The number of non-ortho nitro benzene ring substituents is 1. The molecule has 1 unspecified atom stereocenters. The van der Waals surface area contributed by atoms with Crippen molar-refractivity contribution in [1.29, 1.82) is 0 Å². The SMILES string of the molecule is CCN(CC)CCCN1C(=O)C(=O)/C(=C(/O)c2c(C)[nH]c(C(=O)OC)c2C)C1c1ccc([N+](=O)[O-])cc1. The summed E-state index contributed by atoms with van der Waals surface area (Å²) in [7, 11) is 1.23. The van der Waals surface area contributed by atoms with Gasteiger partial charge in [0, 0.05) is 29.9 Å². The number of Topliss-reactive ketones (excluding diaryl/α,β-unsaturated/α-hetero) is 1. The number of aliphatic hydroxyl groups excluding tert-OH is 1. The van der Waals surface area contributed by atoms with Gasteiger partial charge < -0.3 is 24.6 Å². The van der Waals surface area contributed by atoms with Gasteiger partial charge in [0.2, 0.25) is 0 Å². The van der Waals surface area contributed by atoms with Crippen molar-refractivity contribution in [2.24, 2.45) is 0 Å². The van der Waals surface area contributed by atoms with Crippen LogP contribution in [0, 0.1) is 24.0 Å². The van der Waals surface area contributed by atoms with Crippen LogP contribution < -0.4 is 0 Å². The molecule has 0 spiro atoms. The number of nitro groups is 1. The molecule has 0 saturated carbocycles. The number of aromatic amines is 1. The standard InChI is InChI=1S/C26H32N4O7/c1-6-28(7-2)13-8-14-29-22(17-9-11-18(12-10-17)30(35)36)20(24(32)25(29)33)23(31)19-15(3)21(26(34)37-5)27-16(19)4/h9-12,22,27,31H,6-8,13-14H2,1-5H3/b23-20+. The first-order valence-electron chi connectivity index (χ1n) is 12.1. The molecule has 37 heavy (non-hydrogen) atoms. The van der Waals surface area contributed by atoms with Crippen molar-refractivity contribution in [2.75, 3.05) is 33.3 Å². The Bertz CT molecular complexity index is 1240. The Morgan fingerprint density at radius 3 is 2.35 bits per heavy atom. The van der Waals surface area contributed by atoms with Crippen molar-refractivity contribution in [3.63, 3.8) is 0 Å². The Balaban J connectivity index is 2.14. The summed E-state index contributed by atoms with van der Waals surface area (Å²) in [5, 5.41) is 22.6. The average Bonchev–Trinajstić information content (AvgIpc) is 3.32. The van der Waals surface area contributed by atoms with E-state index in [0.717, 1.165) is 13.1 Å². The zero-order chi connectivity index (χ0) is 27.4. The maximum absolute atomic E-state index is 13.3. The molecule has 198 valence electrons. The molecule has 1 saturated heterocycles. The third kappa shape index (κ3) is 5.26. The number of aliphatic hydroxyl groups is 1. The van der Waals surface area contributed by atoms with Gasteiger partial charge in [-0.25, -0.2) is 4.79 Å². The number of aryl methyl sites for hydroxylation is 1. The van der Waals surface area contributed by atoms with Crippen molar-refractivity contribution >= 4 is 29.1 Å². The van der Waals surface area contributed by atoms with Crippen molar-refractivity contribution in [3.05, 3.63) is 68.0 Å². The Kier molecular flexibility index (Phi) is 8.49. The Morgan fingerprint density at radius 2 is 1.81 bits per heavy atom. The lowest BCUT2D eigenvalue weighted by Crippen LogP contribution is -2.33. The fourth-order valence-corrected chi connectivity index (χ4v) is 4.79. The summed E-state index contributed by atoms with van der Waals surface area (Å²) < 4.78 is 4.79. The van der Waals surface area contributed by atoms with Crippen LogP contribution in [0.15, 0.2) is 29.8 Å². The zero-order valence-corrected chi connectivity index (χ0v) is 21.7. The summed E-state index contributed by atoms with van der Waals surface area (Å²) in [6.07, 6.45) is 0.590. The number of hydrogen-bond acceptors (Lipinski definition) is 8. The normalized spacial score (nSPS) is 17.0. The number of nitrogens with one attached hydrogen (secondary N) is 1. The van der Waals surface area contributed by atoms with Crippen molar-refractivity contribution < 1.29 is 29.2 Å². The molecular weight excluding hydrogens is 480 g/mol. The second-order valence-electron chi connectivity index (χ2n) is 8.84. The molecule has 1 aliphatic rings. The number of benzene rings is 1. The van der Waals surface area contributed by atoms with Crippen LogP contribution in [0.25, 0.3) is 5.76 Å². The third-order valence-corrected chi connectivity index (χ3v) is 6.79. The van der Waals surface area contributed by atoms with Gasteiger partial charge in [0.05, 0.1) is 23.6 Å². The minimum atomic E-state index is -0.951. The van der Waals surface area contributed by atoms with Crippen LogP contribution in [-0.2, 0) is 14.3 Å². The van der Waals surface area contributed by atoms with Gasteiger partial charge in [-0.3, -0.25) is 19.7 Å². The number of H-pyrrole nitrogens is 1. The Hall–Kier alpha value is -3.99. The molecule has 0 radical (unpaired) electrons. The number of rotatable bonds is 10. The van der Waals surface area contributed by atoms with Crippen LogP contribution >= 0.6 is 0 Å². The van der Waals surface area contributed by atoms with E-state index in [0.29, 0.717) is 29.8 Å². The fourth-order valence-electron chi connectivity index (χ4n) is 4.79. The summed E-state index contributed by atoms with van der Waals surface area (Å²) in [4.78, 5) is 55.7. The average molecular weight is 513 g/mol. The van der Waals surface area contributed by atoms with Crippen molar-refractivity contribution in [2.45, 2.75) is 40.2 Å². The van der Waals surface area contributed by atoms with E-state index in [9.17, 15) is 29.6 Å². The van der Waals surface area contributed by atoms with Gasteiger partial charge in [-0.15, -0.1) is 0 Å². The largest absolute Gasteiger partial charge is 0.507 e. The number of ketones is 1. The maximum Gasteiger partial charge on any atom is 0.354 e. The molecule has 3 rings (SSSR count). The molecule has 1 aliphatic heterocycles. The van der Waals surface area contributed by atoms with Crippen LogP contribution in [0.4, 0.5) is 5.69 Å². The van der Waals surface area contributed by atoms with E-state index in [-0.39, 0.29) is 29.1 Å². The van der Waals surface area contributed by atoms with Crippen LogP contribution in [0.5, 0.6) is 0 Å². The first-order valence-corrected chi connectivity index (χ1v) is 12.1. The van der Waals surface area contributed by atoms with Gasteiger partial charge in [-0.2, -0.15) is 0 Å². The molecule has 2 N–H and O–H groups in total. The highest BCUT2D eigenvalue weighted by atomic mass is 16.6. The van der Waals surface area contributed by atoms with Gasteiger partial charge in [-0.05, 0) is 63.2 Å². The lowest BCUT2D eigenvalue weighted by atomic mass is 9.94. The number of hydrogen-bond donors (Lipinski definition) is 2. The van der Waals surface area contributed by atoms with E-state index in [1.807, 2.05) is 13.8 Å². The molecule has 1 aromatic heterocycles. The second-order valence-corrected chi connectivity index (χ2v) is 8.84. The summed E-state index contributed by atoms with van der Waals surface area (Å²) in [6, 6.07) is 4.61. The van der Waals surface area contributed by atoms with Gasteiger partial charge in [0.15, 0.2) is 0 Å². The predicted molar refractivity (Wildman–Crippen MR) is 136 cm³/mol. The summed E-state index contributed by atoms with van der Waals surface area (Å²) in [6.45, 7) is 9.96. The monoisotopic (exact) mass is 512 g/mol. The minimum absolute atomic E-state index is 0.127. The smallest absolute Gasteiger partial charge is 0.354 e. The lowest BCUT2D eigenvalue weighted by molar-refractivity contribution is -0.384. The van der Waals surface area contributed by atoms with Gasteiger partial charge in [0.1, 0.15) is 11.5 Å². The van der Waals surface area contributed by atoms with Crippen LogP contribution in [-0.4, -0.2) is 75.8 Å². The van der Waals surface area contributed by atoms with E-state index in [1.54, 1.807) is 13.8 Å². The van der Waals surface area contributed by atoms with E-state index in [2.05, 4.69) is 9.88 Å². The molecule has 2 aromatic rings. The number of aromatic nitrogens is 1. The molecule has 2 heterocycles. The highest BCUT2D eigenvalue weighted by molar-refractivity contribution is 6.46. The quantitative estimate of drug-likeness (QED) is 0.123. The molecule has 11 heteroatoms. The molecule has 1 fully saturated rings. The van der Waals surface area contributed by atoms with Gasteiger partial charge in [-0.1, -0.05) is 13.8 Å². The summed E-state index contributed by atoms with van der Waals surface area (Å²) in [5.41, 5.74) is 1.33. The highest BCUT2D eigenvalue weighted by Crippen LogP contribution is 2.41. The van der Waals surface area contributed by atoms with E-state index in [1.165, 1.54) is 36.3 Å². The van der Waals surface area contributed by atoms with Gasteiger partial charge in [0.25, 0.3) is 17.4 Å². The van der Waals surface area contributed by atoms with Crippen LogP contribution in [0.1, 0.15) is 59.2 Å². The Labute approximate surface area is 214 Å². The number of nitro benzene ring substituents is 1. The van der Waals surface area contributed by atoms with E-state index in [4.69, 9.17) is 4.74 Å². The van der Waals surface area contributed by atoms with E-state index >= 15 is 0 Å². The predicted octanol–water partition coefficient (Wildman–Crippen LogP) is 3.48. The molecule has 0 aliphatic carbocycles. The molecule has 1 aromatic carbocycles. The second kappa shape index (κ2) is 11.4. The van der Waals surface area contributed by atoms with Crippen molar-refractivity contribution in [1.82, 2.24) is 14.8 Å². The number of ether oxygens (including phenoxy) is 1. The van der Waals surface area contributed by atoms with Crippen molar-refractivity contribution in [3.8, 4) is 0 Å². The summed E-state index contributed by atoms with van der Waals surface area (Å²) in [5.74, 6) is -2.68. The minimum Gasteiger partial charge on any atom is -0.507 e.